The molecule has 0 aromatic heterocycles. The van der Waals surface area contributed by atoms with Gasteiger partial charge in [-0.25, -0.2) is 4.39 Å². The Kier molecular flexibility index (Phi) is 13.9. The summed E-state index contributed by atoms with van der Waals surface area (Å²) in [7, 11) is 1.45. The third-order valence-electron chi connectivity index (χ3n) is 8.59. The van der Waals surface area contributed by atoms with Gasteiger partial charge in [-0.15, -0.1) is 0 Å². The van der Waals surface area contributed by atoms with Crippen molar-refractivity contribution in [2.75, 3.05) is 7.11 Å². The Balaban J connectivity index is 2.47. The lowest BCUT2D eigenvalue weighted by Gasteiger charge is -2.31. The molecule has 1 aromatic carbocycles. The van der Waals surface area contributed by atoms with Gasteiger partial charge in [0.2, 0.25) is 0 Å². The van der Waals surface area contributed by atoms with Gasteiger partial charge in [-0.3, -0.25) is 14.4 Å². The maximum Gasteiger partial charge on any atom is 0.174 e. The first kappa shape index (κ1) is 37.3. The van der Waals surface area contributed by atoms with Gasteiger partial charge in [-0.1, -0.05) is 45.9 Å². The molecule has 0 aliphatic heterocycles. The van der Waals surface area contributed by atoms with E-state index in [1.807, 2.05) is 41.5 Å². The first-order valence-electron chi connectivity index (χ1n) is 16.1. The predicted octanol–water partition coefficient (Wildman–Crippen LogP) is 7.84. The lowest BCUT2D eigenvalue weighted by molar-refractivity contribution is -0.131. The van der Waals surface area contributed by atoms with Crippen LogP contribution in [0.2, 0.25) is 0 Å². The average Bonchev–Trinajstić information content (AvgIpc) is 2.94. The molecule has 5 atom stereocenters. The molecule has 0 heterocycles. The minimum Gasteiger partial charge on any atom is -0.496 e. The number of Topliss-reactive ketones (excluding diaryl/α,β-unsaturated/α-hetero) is 3. The van der Waals surface area contributed by atoms with Crippen LogP contribution in [-0.2, 0) is 19.2 Å². The van der Waals surface area contributed by atoms with E-state index < -0.39 is 23.4 Å². The second kappa shape index (κ2) is 16.4. The number of rotatable bonds is 14. The number of nitrogens with zero attached hydrogens (tertiary/aromatic N) is 1. The molecule has 0 radical (unpaired) electrons. The van der Waals surface area contributed by atoms with E-state index >= 15 is 0 Å². The van der Waals surface area contributed by atoms with Crippen molar-refractivity contribution in [2.45, 2.75) is 113 Å². The molecule has 0 bridgehead atoms. The van der Waals surface area contributed by atoms with Gasteiger partial charge in [-0.05, 0) is 95.8 Å². The van der Waals surface area contributed by atoms with Gasteiger partial charge in [0.25, 0.3) is 0 Å². The number of allylic oxidation sites excluding steroid dienone is 2. The number of benzene rings is 1. The Morgan fingerprint density at radius 2 is 1.82 bits per heavy atom. The van der Waals surface area contributed by atoms with Crippen molar-refractivity contribution in [1.82, 2.24) is 0 Å². The molecule has 7 nitrogen and oxygen atoms in total. The van der Waals surface area contributed by atoms with Crippen molar-refractivity contribution in [2.24, 2.45) is 40.7 Å². The largest absolute Gasteiger partial charge is 0.496 e. The predicted molar refractivity (Wildman–Crippen MR) is 172 cm³/mol. The van der Waals surface area contributed by atoms with Crippen molar-refractivity contribution in [3.05, 3.63) is 41.2 Å². The number of hydrogen-bond donors (Lipinski definition) is 1. The summed E-state index contributed by atoms with van der Waals surface area (Å²) in [5.41, 5.74) is 0.368. The molecular formula is C36H54FNO6. The van der Waals surface area contributed by atoms with E-state index in [1.165, 1.54) is 25.3 Å². The van der Waals surface area contributed by atoms with Gasteiger partial charge in [0.15, 0.2) is 5.78 Å². The van der Waals surface area contributed by atoms with Crippen LogP contribution in [0.3, 0.4) is 0 Å². The van der Waals surface area contributed by atoms with Crippen LogP contribution in [0.25, 0.3) is 0 Å². The smallest absolute Gasteiger partial charge is 0.174 e. The zero-order valence-electron chi connectivity index (χ0n) is 28.4. The Bertz CT molecular complexity index is 1210. The molecule has 44 heavy (non-hydrogen) atoms. The Morgan fingerprint density at radius 1 is 1.16 bits per heavy atom. The highest BCUT2D eigenvalue weighted by molar-refractivity contribution is 6.26. The van der Waals surface area contributed by atoms with Gasteiger partial charge in [0, 0.05) is 29.4 Å². The lowest BCUT2D eigenvalue weighted by atomic mass is 9.72. The van der Waals surface area contributed by atoms with Crippen molar-refractivity contribution >= 4 is 23.1 Å². The molecule has 0 spiro atoms. The molecule has 1 aliphatic rings. The number of aliphatic hydroxyl groups is 1. The number of ether oxygens (including phenoxy) is 1. The van der Waals surface area contributed by atoms with Crippen molar-refractivity contribution < 1.29 is 33.5 Å². The van der Waals surface area contributed by atoms with Crippen LogP contribution in [0.15, 0.2) is 35.0 Å². The average molecular weight is 616 g/mol. The topological polar surface area (TPSA) is 102 Å². The van der Waals surface area contributed by atoms with E-state index in [4.69, 9.17) is 9.57 Å². The molecule has 0 saturated heterocycles. The van der Waals surface area contributed by atoms with Gasteiger partial charge < -0.3 is 14.7 Å². The van der Waals surface area contributed by atoms with Crippen LogP contribution in [0.4, 0.5) is 4.39 Å². The lowest BCUT2D eigenvalue weighted by Crippen LogP contribution is -2.34. The quantitative estimate of drug-likeness (QED) is 0.130. The van der Waals surface area contributed by atoms with E-state index in [2.05, 4.69) is 19.0 Å². The fourth-order valence-corrected chi connectivity index (χ4v) is 6.15. The molecule has 0 saturated carbocycles. The van der Waals surface area contributed by atoms with E-state index in [1.54, 1.807) is 13.0 Å². The van der Waals surface area contributed by atoms with Crippen LogP contribution in [-0.4, -0.2) is 40.9 Å². The van der Waals surface area contributed by atoms with Crippen LogP contribution in [0.1, 0.15) is 113 Å². The van der Waals surface area contributed by atoms with E-state index in [-0.39, 0.29) is 59.8 Å². The Labute approximate surface area is 263 Å². The first-order chi connectivity index (χ1) is 20.5. The molecule has 0 fully saturated rings. The molecule has 1 aliphatic carbocycles. The SMILES string of the molecule is CCC(C(=O)C(C)C)[C@H](CCC1C(=O)CC[C@@H](CC(O)c2cc(F)ccc2OC)/C=C(/C(C)=N/OC(C)(C)C)C1=O)C(C)C. The molecule has 0 amide bonds. The van der Waals surface area contributed by atoms with Gasteiger partial charge in [0.05, 0.1) is 24.8 Å². The highest BCUT2D eigenvalue weighted by Gasteiger charge is 2.36. The van der Waals surface area contributed by atoms with E-state index in [9.17, 15) is 23.9 Å². The number of oxime groups is 1. The molecule has 3 unspecified atom stereocenters. The second-order valence-electron chi connectivity index (χ2n) is 13.8. The molecule has 246 valence electrons. The number of carbonyl (C=O) groups is 3. The fraction of sp³-hybridized carbons (Fsp3) is 0.667. The van der Waals surface area contributed by atoms with Gasteiger partial charge in [0.1, 0.15) is 28.7 Å². The van der Waals surface area contributed by atoms with Crippen LogP contribution >= 0.6 is 0 Å². The Morgan fingerprint density at radius 3 is 2.36 bits per heavy atom. The third kappa shape index (κ3) is 10.4. The van der Waals surface area contributed by atoms with E-state index in [0.717, 1.165) is 0 Å². The zero-order chi connectivity index (χ0) is 33.4. The third-order valence-corrected chi connectivity index (χ3v) is 8.59. The zero-order valence-corrected chi connectivity index (χ0v) is 28.4. The first-order valence-corrected chi connectivity index (χ1v) is 16.1. The molecule has 1 N–H and O–H groups in total. The summed E-state index contributed by atoms with van der Waals surface area (Å²) in [6.45, 7) is 17.3. The maximum atomic E-state index is 14.2. The van der Waals surface area contributed by atoms with Crippen molar-refractivity contribution in [3.63, 3.8) is 0 Å². The molecule has 8 heteroatoms. The second-order valence-corrected chi connectivity index (χ2v) is 13.8. The number of ketones is 3. The van der Waals surface area contributed by atoms with Gasteiger partial charge >= 0.3 is 0 Å². The molecule has 1 aromatic rings. The Hall–Kier alpha value is -2.87. The normalized spacial score (nSPS) is 21.8. The van der Waals surface area contributed by atoms with Crippen molar-refractivity contribution in [3.8, 4) is 5.75 Å². The highest BCUT2D eigenvalue weighted by Crippen LogP contribution is 2.37. The standard InChI is InChI=1S/C36H54FNO6/c1-11-26(34(41)22(4)5)27(21(2)3)14-15-28-31(39)16-12-24(18-29(35(28)42)23(6)38-44-36(7,8)9)19-32(40)30-20-25(37)13-17-33(30)43-10/h13,17-18,20-22,24,26-28,32,40H,11-12,14-16,19H2,1-10H3/b29-18-,38-23+/t24-,26?,27-,28?,32?/m1/s1. The number of hydrogen-bond acceptors (Lipinski definition) is 7. The van der Waals surface area contributed by atoms with Gasteiger partial charge in [-0.2, -0.15) is 0 Å². The fourth-order valence-electron chi connectivity index (χ4n) is 6.15. The summed E-state index contributed by atoms with van der Waals surface area (Å²) in [5.74, 6) is -1.55. The summed E-state index contributed by atoms with van der Waals surface area (Å²) in [5, 5.41) is 15.4. The van der Waals surface area contributed by atoms with Crippen LogP contribution in [0.5, 0.6) is 5.75 Å². The van der Waals surface area contributed by atoms with Crippen LogP contribution < -0.4 is 4.74 Å². The monoisotopic (exact) mass is 615 g/mol. The number of aliphatic hydroxyl groups excluding tert-OH is 1. The van der Waals surface area contributed by atoms with Crippen molar-refractivity contribution in [1.29, 1.82) is 0 Å². The molecular weight excluding hydrogens is 561 g/mol. The van der Waals surface area contributed by atoms with E-state index in [0.29, 0.717) is 48.3 Å². The summed E-state index contributed by atoms with van der Waals surface area (Å²) < 4.78 is 19.4. The maximum absolute atomic E-state index is 14.2. The summed E-state index contributed by atoms with van der Waals surface area (Å²) in [6, 6.07) is 3.97. The number of halogens is 1. The van der Waals surface area contributed by atoms with Crippen LogP contribution in [0, 0.1) is 41.3 Å². The summed E-state index contributed by atoms with van der Waals surface area (Å²) in [4.78, 5) is 46.5. The molecule has 2 rings (SSSR count). The number of methoxy groups -OCH3 is 1. The summed E-state index contributed by atoms with van der Waals surface area (Å²) >= 11 is 0. The highest BCUT2D eigenvalue weighted by atomic mass is 19.1. The summed E-state index contributed by atoms with van der Waals surface area (Å²) in [6.07, 6.45) is 3.09. The number of carbonyl (C=O) groups excluding carboxylic acids is 3. The minimum atomic E-state index is -1.08. The minimum absolute atomic E-state index is 0.0523.